The molecule has 1 aromatic rings. The molecule has 0 bridgehead atoms. The van der Waals surface area contributed by atoms with Crippen molar-refractivity contribution < 1.29 is 14.2 Å². The zero-order valence-corrected chi connectivity index (χ0v) is 7.58. The van der Waals surface area contributed by atoms with E-state index in [0.29, 0.717) is 6.79 Å². The van der Waals surface area contributed by atoms with Crippen LogP contribution >= 0.6 is 0 Å². The Morgan fingerprint density at radius 2 is 2.15 bits per heavy atom. The topological polar surface area (TPSA) is 27.7 Å². The van der Waals surface area contributed by atoms with E-state index in [1.807, 2.05) is 18.2 Å². The molecule has 1 aliphatic heterocycles. The van der Waals surface area contributed by atoms with Crippen molar-refractivity contribution in [3.8, 4) is 11.5 Å². The van der Waals surface area contributed by atoms with Gasteiger partial charge in [0.15, 0.2) is 11.5 Å². The number of ether oxygens (including phenoxy) is 3. The van der Waals surface area contributed by atoms with E-state index >= 15 is 0 Å². The normalized spacial score (nSPS) is 13.3. The Labute approximate surface area is 77.2 Å². The second kappa shape index (κ2) is 3.66. The average molecular weight is 180 g/mol. The van der Waals surface area contributed by atoms with E-state index in [2.05, 4.69) is 0 Å². The highest BCUT2D eigenvalue weighted by molar-refractivity contribution is 5.44. The van der Waals surface area contributed by atoms with Crippen LogP contribution in [-0.4, -0.2) is 20.5 Å². The van der Waals surface area contributed by atoms with Gasteiger partial charge in [-0.15, -0.1) is 0 Å². The predicted octanol–water partition coefficient (Wildman–Crippen LogP) is 1.60. The van der Waals surface area contributed by atoms with E-state index in [1.165, 1.54) is 5.56 Å². The molecule has 13 heavy (non-hydrogen) atoms. The number of hydrogen-bond acceptors (Lipinski definition) is 3. The first-order chi connectivity index (χ1) is 6.40. The van der Waals surface area contributed by atoms with Gasteiger partial charge in [-0.3, -0.25) is 0 Å². The molecule has 70 valence electrons. The van der Waals surface area contributed by atoms with Gasteiger partial charge in [-0.05, 0) is 24.1 Å². The predicted molar refractivity (Wildman–Crippen MR) is 48.1 cm³/mol. The summed E-state index contributed by atoms with van der Waals surface area (Å²) in [5.74, 6) is 1.68. The molecule has 1 heterocycles. The highest BCUT2D eigenvalue weighted by atomic mass is 16.7. The van der Waals surface area contributed by atoms with Crippen molar-refractivity contribution in [2.75, 3.05) is 20.5 Å². The molecule has 1 aliphatic rings. The van der Waals surface area contributed by atoms with Gasteiger partial charge in [0.1, 0.15) is 0 Å². The highest BCUT2D eigenvalue weighted by Crippen LogP contribution is 2.32. The molecule has 3 nitrogen and oxygen atoms in total. The zero-order valence-electron chi connectivity index (χ0n) is 7.58. The van der Waals surface area contributed by atoms with Gasteiger partial charge in [0.2, 0.25) is 6.79 Å². The van der Waals surface area contributed by atoms with Crippen LogP contribution in [0.4, 0.5) is 0 Å². The smallest absolute Gasteiger partial charge is 0.231 e. The Kier molecular flexibility index (Phi) is 2.36. The van der Waals surface area contributed by atoms with Gasteiger partial charge < -0.3 is 14.2 Å². The first-order valence-electron chi connectivity index (χ1n) is 4.27. The third-order valence-corrected chi connectivity index (χ3v) is 2.03. The third kappa shape index (κ3) is 1.75. The largest absolute Gasteiger partial charge is 0.454 e. The van der Waals surface area contributed by atoms with E-state index in [0.717, 1.165) is 24.5 Å². The molecule has 0 amide bonds. The summed E-state index contributed by atoms with van der Waals surface area (Å²) in [6.45, 7) is 1.07. The fourth-order valence-electron chi connectivity index (χ4n) is 1.32. The van der Waals surface area contributed by atoms with Gasteiger partial charge in [0.25, 0.3) is 0 Å². The molecule has 3 heteroatoms. The lowest BCUT2D eigenvalue weighted by molar-refractivity contribution is 0.174. The molecular formula is C10H12O3. The Morgan fingerprint density at radius 1 is 1.31 bits per heavy atom. The average Bonchev–Trinajstić information content (AvgIpc) is 2.61. The van der Waals surface area contributed by atoms with Crippen LogP contribution < -0.4 is 9.47 Å². The molecule has 0 unspecified atom stereocenters. The molecule has 0 N–H and O–H groups in total. The van der Waals surface area contributed by atoms with E-state index in [4.69, 9.17) is 14.2 Å². The molecular weight excluding hydrogens is 168 g/mol. The van der Waals surface area contributed by atoms with E-state index < -0.39 is 0 Å². The Hall–Kier alpha value is -1.22. The molecule has 0 fully saturated rings. The summed E-state index contributed by atoms with van der Waals surface area (Å²) in [7, 11) is 1.70. The van der Waals surface area contributed by atoms with E-state index in [9.17, 15) is 0 Å². The van der Waals surface area contributed by atoms with Crippen LogP contribution in [0, 0.1) is 0 Å². The van der Waals surface area contributed by atoms with Crippen molar-refractivity contribution in [3.63, 3.8) is 0 Å². The van der Waals surface area contributed by atoms with Crippen LogP contribution in [0.2, 0.25) is 0 Å². The van der Waals surface area contributed by atoms with Crippen molar-refractivity contribution >= 4 is 0 Å². The SMILES string of the molecule is COCCc1ccc2c(c1)OCO2. The molecule has 0 atom stereocenters. The van der Waals surface area contributed by atoms with Crippen molar-refractivity contribution in [2.45, 2.75) is 6.42 Å². The summed E-state index contributed by atoms with van der Waals surface area (Å²) in [4.78, 5) is 0. The highest BCUT2D eigenvalue weighted by Gasteiger charge is 2.12. The van der Waals surface area contributed by atoms with Crippen molar-refractivity contribution in [1.29, 1.82) is 0 Å². The summed E-state index contributed by atoms with van der Waals surface area (Å²) in [5.41, 5.74) is 1.21. The first-order valence-corrected chi connectivity index (χ1v) is 4.27. The van der Waals surface area contributed by atoms with Gasteiger partial charge in [-0.1, -0.05) is 6.07 Å². The number of rotatable bonds is 3. The minimum absolute atomic E-state index is 0.336. The van der Waals surface area contributed by atoms with Gasteiger partial charge in [-0.2, -0.15) is 0 Å². The van der Waals surface area contributed by atoms with Gasteiger partial charge >= 0.3 is 0 Å². The van der Waals surface area contributed by atoms with Gasteiger partial charge in [0, 0.05) is 7.11 Å². The number of methoxy groups -OCH3 is 1. The lowest BCUT2D eigenvalue weighted by atomic mass is 10.1. The molecule has 0 radical (unpaired) electrons. The zero-order chi connectivity index (χ0) is 9.10. The molecule has 0 saturated heterocycles. The van der Waals surface area contributed by atoms with Gasteiger partial charge in [-0.25, -0.2) is 0 Å². The lowest BCUT2D eigenvalue weighted by Crippen LogP contribution is -1.94. The van der Waals surface area contributed by atoms with Crippen molar-refractivity contribution in [1.82, 2.24) is 0 Å². The maximum atomic E-state index is 5.26. The second-order valence-electron chi connectivity index (χ2n) is 2.93. The molecule has 0 aromatic heterocycles. The maximum absolute atomic E-state index is 5.26. The standard InChI is InChI=1S/C10H12O3/c1-11-5-4-8-2-3-9-10(6-8)13-7-12-9/h2-3,6H,4-5,7H2,1H3. The number of hydrogen-bond donors (Lipinski definition) is 0. The van der Waals surface area contributed by atoms with Crippen LogP contribution in [-0.2, 0) is 11.2 Å². The second-order valence-corrected chi connectivity index (χ2v) is 2.93. The number of benzene rings is 1. The quantitative estimate of drug-likeness (QED) is 0.707. The summed E-state index contributed by atoms with van der Waals surface area (Å²) in [6, 6.07) is 5.97. The molecule has 1 aromatic carbocycles. The van der Waals surface area contributed by atoms with Gasteiger partial charge in [0.05, 0.1) is 6.61 Å². The Balaban J connectivity index is 2.12. The lowest BCUT2D eigenvalue weighted by Gasteiger charge is -2.01. The fourth-order valence-corrected chi connectivity index (χ4v) is 1.32. The fraction of sp³-hybridized carbons (Fsp3) is 0.400. The minimum Gasteiger partial charge on any atom is -0.454 e. The first kappa shape index (κ1) is 8.38. The van der Waals surface area contributed by atoms with E-state index in [1.54, 1.807) is 7.11 Å². The van der Waals surface area contributed by atoms with Crippen LogP contribution in [0.1, 0.15) is 5.56 Å². The summed E-state index contributed by atoms with van der Waals surface area (Å²) >= 11 is 0. The van der Waals surface area contributed by atoms with Crippen LogP contribution in [0.15, 0.2) is 18.2 Å². The summed E-state index contributed by atoms with van der Waals surface area (Å²) in [6.07, 6.45) is 0.910. The van der Waals surface area contributed by atoms with Crippen molar-refractivity contribution in [3.05, 3.63) is 23.8 Å². The third-order valence-electron chi connectivity index (χ3n) is 2.03. The summed E-state index contributed by atoms with van der Waals surface area (Å²) < 4.78 is 15.5. The van der Waals surface area contributed by atoms with Crippen LogP contribution in [0.25, 0.3) is 0 Å². The molecule has 2 rings (SSSR count). The maximum Gasteiger partial charge on any atom is 0.231 e. The monoisotopic (exact) mass is 180 g/mol. The molecule has 0 spiro atoms. The minimum atomic E-state index is 0.336. The van der Waals surface area contributed by atoms with Crippen LogP contribution in [0.5, 0.6) is 11.5 Å². The van der Waals surface area contributed by atoms with Crippen molar-refractivity contribution in [2.24, 2.45) is 0 Å². The van der Waals surface area contributed by atoms with E-state index in [-0.39, 0.29) is 0 Å². The molecule has 0 saturated carbocycles. The van der Waals surface area contributed by atoms with Crippen LogP contribution in [0.3, 0.4) is 0 Å². The summed E-state index contributed by atoms with van der Waals surface area (Å²) in [5, 5.41) is 0. The molecule has 0 aliphatic carbocycles. The number of fused-ring (bicyclic) bond motifs is 1. The Bertz CT molecular complexity index is 296. The Morgan fingerprint density at radius 3 is 3.00 bits per heavy atom.